The number of carbonyl (C=O) groups is 2. The summed E-state index contributed by atoms with van der Waals surface area (Å²) in [5.74, 6) is -0.283. The van der Waals surface area contributed by atoms with Crippen LogP contribution in [0.1, 0.15) is 17.4 Å². The molecule has 2 aromatic heterocycles. The molecule has 0 aliphatic carbocycles. The number of hydrogen-bond acceptors (Lipinski definition) is 9. The maximum Gasteiger partial charge on any atom is 0.412 e. The van der Waals surface area contributed by atoms with Crippen LogP contribution in [0.2, 0.25) is 0 Å². The van der Waals surface area contributed by atoms with E-state index in [1.807, 2.05) is 60.7 Å². The normalized spacial score (nSPS) is 9.73. The summed E-state index contributed by atoms with van der Waals surface area (Å²) in [5, 5.41) is 13.1. The number of nitrogens with one attached hydrogen (secondary N) is 1. The van der Waals surface area contributed by atoms with Crippen molar-refractivity contribution in [1.29, 1.82) is 0 Å². The van der Waals surface area contributed by atoms with Crippen LogP contribution in [0.5, 0.6) is 0 Å². The summed E-state index contributed by atoms with van der Waals surface area (Å²) in [6.45, 7) is 2.07. The molecule has 33 heavy (non-hydrogen) atoms. The third-order valence-electron chi connectivity index (χ3n) is 3.88. The highest BCUT2D eigenvalue weighted by molar-refractivity contribution is 7.10. The highest BCUT2D eigenvalue weighted by atomic mass is 32.1. The van der Waals surface area contributed by atoms with Crippen molar-refractivity contribution in [1.82, 2.24) is 19.2 Å². The Morgan fingerprint density at radius 1 is 0.970 bits per heavy atom. The molecule has 4 aromatic rings. The second-order valence-electron chi connectivity index (χ2n) is 5.97. The van der Waals surface area contributed by atoms with E-state index in [1.165, 1.54) is 11.5 Å². The topological polar surface area (TPSA) is 156 Å². The average Bonchev–Trinajstić information content (AvgIpc) is 3.51. The Balaban J connectivity index is 0.000000186. The maximum atomic E-state index is 11.4. The lowest BCUT2D eigenvalue weighted by Gasteiger charge is -2.03. The number of benzene rings is 2. The lowest BCUT2D eigenvalue weighted by Crippen LogP contribution is -2.14. The van der Waals surface area contributed by atoms with Crippen LogP contribution in [-0.4, -0.2) is 37.8 Å². The Morgan fingerprint density at radius 2 is 1.55 bits per heavy atom. The first-order chi connectivity index (χ1) is 16.1. The zero-order valence-corrected chi connectivity index (χ0v) is 18.8. The highest BCUT2D eigenvalue weighted by Gasteiger charge is 2.16. The quantitative estimate of drug-likeness (QED) is 0.227. The molecule has 4 rings (SSSR count). The van der Waals surface area contributed by atoms with Gasteiger partial charge in [-0.05, 0) is 51.8 Å². The van der Waals surface area contributed by atoms with Crippen LogP contribution >= 0.6 is 23.1 Å². The molecular weight excluding hydrogens is 464 g/mol. The molecule has 0 bridgehead atoms. The van der Waals surface area contributed by atoms with Crippen molar-refractivity contribution in [3.05, 3.63) is 76.8 Å². The molecule has 0 aliphatic rings. The smallest absolute Gasteiger partial charge is 0.412 e. The Morgan fingerprint density at radius 3 is 2.15 bits per heavy atom. The van der Waals surface area contributed by atoms with Crippen molar-refractivity contribution in [3.8, 4) is 20.9 Å². The second-order valence-corrected chi connectivity index (χ2v) is 7.48. The van der Waals surface area contributed by atoms with Gasteiger partial charge in [-0.25, -0.2) is 4.79 Å². The molecule has 0 atom stereocenters. The first kappa shape index (κ1) is 23.5. The van der Waals surface area contributed by atoms with Crippen molar-refractivity contribution in [3.63, 3.8) is 0 Å². The summed E-state index contributed by atoms with van der Waals surface area (Å²) >= 11 is 2.32. The number of ether oxygens (including phenoxy) is 1. The molecule has 2 heterocycles. The third kappa shape index (κ3) is 6.40. The van der Waals surface area contributed by atoms with Gasteiger partial charge in [-0.1, -0.05) is 69.6 Å². The van der Waals surface area contributed by atoms with Gasteiger partial charge in [0.15, 0.2) is 11.5 Å². The molecule has 1 N–H and O–H groups in total. The summed E-state index contributed by atoms with van der Waals surface area (Å²) in [5.41, 5.74) is 10.1. The van der Waals surface area contributed by atoms with Crippen LogP contribution in [0.25, 0.3) is 31.3 Å². The van der Waals surface area contributed by atoms with Gasteiger partial charge < -0.3 is 4.74 Å². The number of anilines is 1. The molecule has 0 saturated carbocycles. The van der Waals surface area contributed by atoms with Gasteiger partial charge >= 0.3 is 6.09 Å². The van der Waals surface area contributed by atoms with Gasteiger partial charge in [0.05, 0.1) is 16.4 Å². The van der Waals surface area contributed by atoms with Gasteiger partial charge in [0.2, 0.25) is 0 Å². The summed E-state index contributed by atoms with van der Waals surface area (Å²) in [6, 6.07) is 18.9. The van der Waals surface area contributed by atoms with Gasteiger partial charge in [0, 0.05) is 4.91 Å². The number of azide groups is 1. The molecule has 0 unspecified atom stereocenters. The summed E-state index contributed by atoms with van der Waals surface area (Å²) in [6.07, 6.45) is -0.516. The first-order valence-electron chi connectivity index (χ1n) is 9.42. The maximum absolute atomic E-state index is 11.4. The largest absolute Gasteiger partial charge is 0.450 e. The standard InChI is InChI=1S/C11H11N3O2S.C9H5N5OS/c1-2-16-11(15)12-10-9(17-14-13-10)8-6-4-3-5-7-8;10-13-12-9(15)7-8(16-14-11-7)6-4-2-1-3-5-6/h3-7H,2H2,1H3,(H,12,15);1-5H. The predicted octanol–water partition coefficient (Wildman–Crippen LogP) is 5.43. The van der Waals surface area contributed by atoms with Gasteiger partial charge in [-0.15, -0.1) is 10.2 Å². The van der Waals surface area contributed by atoms with E-state index in [-0.39, 0.29) is 5.69 Å². The molecule has 0 aliphatic heterocycles. The van der Waals surface area contributed by atoms with Crippen LogP contribution in [0.4, 0.5) is 10.6 Å². The van der Waals surface area contributed by atoms with Gasteiger partial charge in [-0.2, -0.15) is 0 Å². The Hall–Kier alpha value is -4.19. The molecule has 0 fully saturated rings. The second kappa shape index (κ2) is 12.0. The van der Waals surface area contributed by atoms with Crippen molar-refractivity contribution in [2.45, 2.75) is 6.92 Å². The monoisotopic (exact) mass is 480 g/mol. The summed E-state index contributed by atoms with van der Waals surface area (Å²) in [7, 11) is 0. The van der Waals surface area contributed by atoms with Crippen molar-refractivity contribution in [2.24, 2.45) is 5.11 Å². The zero-order chi connectivity index (χ0) is 23.5. The van der Waals surface area contributed by atoms with Crippen LogP contribution in [0.3, 0.4) is 0 Å². The molecule has 13 heteroatoms. The van der Waals surface area contributed by atoms with E-state index in [0.717, 1.165) is 27.5 Å². The predicted molar refractivity (Wildman–Crippen MR) is 125 cm³/mol. The number of hydrogen-bond donors (Lipinski definition) is 1. The van der Waals surface area contributed by atoms with E-state index in [1.54, 1.807) is 6.92 Å². The van der Waals surface area contributed by atoms with Crippen molar-refractivity contribution in [2.75, 3.05) is 11.9 Å². The number of rotatable bonds is 5. The minimum atomic E-state index is -0.713. The van der Waals surface area contributed by atoms with Gasteiger partial charge in [0.25, 0.3) is 5.91 Å². The molecule has 0 saturated heterocycles. The van der Waals surface area contributed by atoms with Gasteiger partial charge in [0.1, 0.15) is 0 Å². The Bertz CT molecular complexity index is 1250. The average molecular weight is 481 g/mol. The van der Waals surface area contributed by atoms with Gasteiger partial charge in [-0.3, -0.25) is 10.1 Å². The number of aromatic nitrogens is 4. The minimum Gasteiger partial charge on any atom is -0.450 e. The lowest BCUT2D eigenvalue weighted by molar-refractivity contribution is 0.0996. The van der Waals surface area contributed by atoms with Crippen LogP contribution in [-0.2, 0) is 4.74 Å². The number of amides is 2. The Labute approximate surface area is 196 Å². The van der Waals surface area contributed by atoms with Crippen molar-refractivity contribution < 1.29 is 14.3 Å². The van der Waals surface area contributed by atoms with Crippen LogP contribution in [0, 0.1) is 0 Å². The zero-order valence-electron chi connectivity index (χ0n) is 17.2. The van der Waals surface area contributed by atoms with E-state index in [0.29, 0.717) is 17.3 Å². The summed E-state index contributed by atoms with van der Waals surface area (Å²) < 4.78 is 12.3. The highest BCUT2D eigenvalue weighted by Crippen LogP contribution is 2.29. The third-order valence-corrected chi connectivity index (χ3v) is 5.43. The van der Waals surface area contributed by atoms with Crippen molar-refractivity contribution >= 4 is 40.9 Å². The fourth-order valence-electron chi connectivity index (χ4n) is 2.51. The van der Waals surface area contributed by atoms with Crippen LogP contribution < -0.4 is 5.32 Å². The molecule has 2 aromatic carbocycles. The molecule has 2 amide bonds. The lowest BCUT2D eigenvalue weighted by atomic mass is 10.1. The molecule has 11 nitrogen and oxygen atoms in total. The molecule has 166 valence electrons. The van der Waals surface area contributed by atoms with E-state index in [2.05, 4.69) is 34.5 Å². The summed E-state index contributed by atoms with van der Waals surface area (Å²) in [4.78, 5) is 26.5. The SMILES string of the molecule is CCOC(=O)Nc1nnsc1-c1ccccc1.[N-]=[N+]=NC(=O)c1nnsc1-c1ccccc1. The minimum absolute atomic E-state index is 0.0917. The van der Waals surface area contributed by atoms with E-state index >= 15 is 0 Å². The number of carbonyl (C=O) groups excluding carboxylic acids is 2. The molecule has 0 spiro atoms. The Kier molecular flexibility index (Phi) is 8.54. The fraction of sp³-hybridized carbons (Fsp3) is 0.100. The van der Waals surface area contributed by atoms with E-state index in [4.69, 9.17) is 10.3 Å². The molecule has 0 radical (unpaired) electrons. The number of nitrogens with zero attached hydrogens (tertiary/aromatic N) is 7. The fourth-order valence-corrected chi connectivity index (χ4v) is 3.80. The molecular formula is C20H16N8O3S2. The van der Waals surface area contributed by atoms with E-state index in [9.17, 15) is 9.59 Å². The van der Waals surface area contributed by atoms with Crippen LogP contribution in [0.15, 0.2) is 65.8 Å². The van der Waals surface area contributed by atoms with E-state index < -0.39 is 12.0 Å². The first-order valence-corrected chi connectivity index (χ1v) is 11.0.